The summed E-state index contributed by atoms with van der Waals surface area (Å²) >= 11 is 0. The van der Waals surface area contributed by atoms with Crippen LogP contribution in [0.1, 0.15) is 39.0 Å². The summed E-state index contributed by atoms with van der Waals surface area (Å²) in [6, 6.07) is 2.58. The maximum atomic E-state index is 11.4. The van der Waals surface area contributed by atoms with E-state index in [9.17, 15) is 9.59 Å². The van der Waals surface area contributed by atoms with Crippen LogP contribution in [-0.4, -0.2) is 13.0 Å². The molecule has 2 atom stereocenters. The second-order valence-corrected chi connectivity index (χ2v) is 4.28. The molecule has 18 heavy (non-hydrogen) atoms. The maximum Gasteiger partial charge on any atom is 0.339 e. The van der Waals surface area contributed by atoms with E-state index in [0.29, 0.717) is 11.5 Å². The minimum atomic E-state index is -0.483. The van der Waals surface area contributed by atoms with E-state index in [1.165, 1.54) is 20.1 Å². The highest BCUT2D eigenvalue weighted by molar-refractivity contribution is 5.73. The third-order valence-corrected chi connectivity index (χ3v) is 2.88. The van der Waals surface area contributed by atoms with Crippen LogP contribution in [0.3, 0.4) is 0 Å². The number of nitrogens with one attached hydrogen (secondary N) is 1. The van der Waals surface area contributed by atoms with Crippen molar-refractivity contribution in [3.63, 3.8) is 0 Å². The molecule has 1 amide bonds. The summed E-state index contributed by atoms with van der Waals surface area (Å²) < 4.78 is 10.2. The number of amides is 1. The van der Waals surface area contributed by atoms with E-state index in [4.69, 9.17) is 9.15 Å². The van der Waals surface area contributed by atoms with E-state index in [1.54, 1.807) is 6.07 Å². The van der Waals surface area contributed by atoms with Gasteiger partial charge in [0.25, 0.3) is 0 Å². The summed E-state index contributed by atoms with van der Waals surface area (Å²) in [4.78, 5) is 22.6. The van der Waals surface area contributed by atoms with Crippen molar-refractivity contribution in [3.8, 4) is 5.75 Å². The van der Waals surface area contributed by atoms with Gasteiger partial charge < -0.3 is 14.5 Å². The van der Waals surface area contributed by atoms with Gasteiger partial charge in [-0.25, -0.2) is 4.79 Å². The third kappa shape index (κ3) is 3.61. The van der Waals surface area contributed by atoms with Crippen molar-refractivity contribution in [2.45, 2.75) is 33.2 Å². The highest BCUT2D eigenvalue weighted by atomic mass is 16.5. The SMILES string of the molecule is CCC(C)C(NC(C)=O)c1cc(OC)cc(=O)o1. The number of rotatable bonds is 5. The van der Waals surface area contributed by atoms with Crippen molar-refractivity contribution in [2.75, 3.05) is 7.11 Å². The van der Waals surface area contributed by atoms with E-state index >= 15 is 0 Å². The summed E-state index contributed by atoms with van der Waals surface area (Å²) in [6.07, 6.45) is 0.853. The smallest absolute Gasteiger partial charge is 0.339 e. The highest BCUT2D eigenvalue weighted by Gasteiger charge is 2.22. The molecule has 0 aliphatic carbocycles. The molecule has 1 heterocycles. The van der Waals surface area contributed by atoms with E-state index in [0.717, 1.165) is 6.42 Å². The largest absolute Gasteiger partial charge is 0.496 e. The summed E-state index contributed by atoms with van der Waals surface area (Å²) in [5.74, 6) is 0.846. The average Bonchev–Trinajstić information content (AvgIpc) is 2.33. The molecule has 5 heteroatoms. The third-order valence-electron chi connectivity index (χ3n) is 2.88. The molecule has 0 spiro atoms. The molecule has 0 fully saturated rings. The van der Waals surface area contributed by atoms with Gasteiger partial charge in [-0.05, 0) is 5.92 Å². The van der Waals surface area contributed by atoms with E-state index in [2.05, 4.69) is 5.32 Å². The van der Waals surface area contributed by atoms with Gasteiger partial charge in [-0.1, -0.05) is 20.3 Å². The lowest BCUT2D eigenvalue weighted by Gasteiger charge is -2.22. The quantitative estimate of drug-likeness (QED) is 0.869. The van der Waals surface area contributed by atoms with E-state index in [-0.39, 0.29) is 17.9 Å². The zero-order valence-corrected chi connectivity index (χ0v) is 11.1. The van der Waals surface area contributed by atoms with Gasteiger partial charge in [0.2, 0.25) is 5.91 Å². The topological polar surface area (TPSA) is 68.5 Å². The fraction of sp³-hybridized carbons (Fsp3) is 0.538. The lowest BCUT2D eigenvalue weighted by atomic mass is 9.96. The molecule has 1 aromatic heterocycles. The van der Waals surface area contributed by atoms with Gasteiger partial charge in [-0.3, -0.25) is 4.79 Å². The molecule has 0 aliphatic rings. The molecule has 5 nitrogen and oxygen atoms in total. The number of carbonyl (C=O) groups excluding carboxylic acids is 1. The summed E-state index contributed by atoms with van der Waals surface area (Å²) in [5.41, 5.74) is -0.483. The van der Waals surface area contributed by atoms with Crippen LogP contribution in [0.4, 0.5) is 0 Å². The molecule has 0 saturated heterocycles. The Bertz CT molecular complexity index is 466. The van der Waals surface area contributed by atoms with Crippen LogP contribution in [0.5, 0.6) is 5.75 Å². The lowest BCUT2D eigenvalue weighted by Crippen LogP contribution is -2.31. The molecule has 1 N–H and O–H groups in total. The van der Waals surface area contributed by atoms with Gasteiger partial charge in [-0.2, -0.15) is 0 Å². The van der Waals surface area contributed by atoms with Crippen LogP contribution in [0.25, 0.3) is 0 Å². The number of carbonyl (C=O) groups is 1. The van der Waals surface area contributed by atoms with Crippen molar-refractivity contribution in [2.24, 2.45) is 5.92 Å². The second kappa shape index (κ2) is 6.23. The molecule has 2 unspecified atom stereocenters. The molecule has 100 valence electrons. The number of ether oxygens (including phenoxy) is 1. The Morgan fingerprint density at radius 1 is 1.50 bits per heavy atom. The monoisotopic (exact) mass is 253 g/mol. The average molecular weight is 253 g/mol. The first-order chi connectivity index (χ1) is 8.47. The molecule has 1 aromatic rings. The van der Waals surface area contributed by atoms with Crippen molar-refractivity contribution < 1.29 is 13.9 Å². The molecule has 0 aromatic carbocycles. The Kier molecular flexibility index (Phi) is 4.95. The summed E-state index contributed by atoms with van der Waals surface area (Å²) in [7, 11) is 1.48. The summed E-state index contributed by atoms with van der Waals surface area (Å²) in [6.45, 7) is 5.44. The minimum Gasteiger partial charge on any atom is -0.496 e. The van der Waals surface area contributed by atoms with Gasteiger partial charge in [0, 0.05) is 13.0 Å². The van der Waals surface area contributed by atoms with Crippen LogP contribution >= 0.6 is 0 Å². The Morgan fingerprint density at radius 2 is 2.17 bits per heavy atom. The molecular weight excluding hydrogens is 234 g/mol. The maximum absolute atomic E-state index is 11.4. The number of hydrogen-bond donors (Lipinski definition) is 1. The van der Waals surface area contributed by atoms with E-state index < -0.39 is 5.63 Å². The van der Waals surface area contributed by atoms with Gasteiger partial charge in [0.15, 0.2) is 0 Å². The Balaban J connectivity index is 3.15. The van der Waals surface area contributed by atoms with Gasteiger partial charge >= 0.3 is 5.63 Å². The van der Waals surface area contributed by atoms with Crippen LogP contribution in [0, 0.1) is 5.92 Å². The van der Waals surface area contributed by atoms with E-state index in [1.807, 2.05) is 13.8 Å². The first-order valence-corrected chi connectivity index (χ1v) is 5.94. The first-order valence-electron chi connectivity index (χ1n) is 5.94. The Hall–Kier alpha value is -1.78. The van der Waals surface area contributed by atoms with Crippen molar-refractivity contribution >= 4 is 5.91 Å². The Morgan fingerprint density at radius 3 is 2.67 bits per heavy atom. The standard InChI is InChI=1S/C13H19NO4/c1-5-8(2)13(14-9(3)15)11-6-10(17-4)7-12(16)18-11/h6-8,13H,5H2,1-4H3,(H,14,15). The normalized spacial score (nSPS) is 13.8. The molecular formula is C13H19NO4. The second-order valence-electron chi connectivity index (χ2n) is 4.28. The highest BCUT2D eigenvalue weighted by Crippen LogP contribution is 2.25. The van der Waals surface area contributed by atoms with Gasteiger partial charge in [0.05, 0.1) is 19.2 Å². The molecule has 0 saturated carbocycles. The molecule has 1 rings (SSSR count). The predicted molar refractivity (Wildman–Crippen MR) is 67.5 cm³/mol. The zero-order valence-electron chi connectivity index (χ0n) is 11.1. The molecule has 0 aliphatic heterocycles. The van der Waals surface area contributed by atoms with Crippen molar-refractivity contribution in [1.29, 1.82) is 0 Å². The number of hydrogen-bond acceptors (Lipinski definition) is 4. The fourth-order valence-corrected chi connectivity index (χ4v) is 1.69. The zero-order chi connectivity index (χ0) is 13.7. The minimum absolute atomic E-state index is 0.157. The van der Waals surface area contributed by atoms with Crippen molar-refractivity contribution in [3.05, 3.63) is 28.3 Å². The van der Waals surface area contributed by atoms with Gasteiger partial charge in [0.1, 0.15) is 11.5 Å². The predicted octanol–water partition coefficient (Wildman–Crippen LogP) is 1.87. The Labute approximate surface area is 106 Å². The molecule has 0 radical (unpaired) electrons. The number of methoxy groups -OCH3 is 1. The first kappa shape index (κ1) is 14.3. The lowest BCUT2D eigenvalue weighted by molar-refractivity contribution is -0.120. The molecule has 0 bridgehead atoms. The van der Waals surface area contributed by atoms with Crippen molar-refractivity contribution in [1.82, 2.24) is 5.32 Å². The van der Waals surface area contributed by atoms with Crippen LogP contribution in [0.15, 0.2) is 21.3 Å². The van der Waals surface area contributed by atoms with Crippen LogP contribution in [-0.2, 0) is 4.79 Å². The van der Waals surface area contributed by atoms with Gasteiger partial charge in [-0.15, -0.1) is 0 Å². The van der Waals surface area contributed by atoms with Crippen LogP contribution in [0.2, 0.25) is 0 Å². The van der Waals surface area contributed by atoms with Crippen LogP contribution < -0.4 is 15.7 Å². The fourth-order valence-electron chi connectivity index (χ4n) is 1.69. The summed E-state index contributed by atoms with van der Waals surface area (Å²) in [5, 5.41) is 2.80.